The fourth-order valence-corrected chi connectivity index (χ4v) is 4.00. The first-order chi connectivity index (χ1) is 13.0. The van der Waals surface area contributed by atoms with Gasteiger partial charge in [0.1, 0.15) is 6.04 Å². The molecule has 2 unspecified atom stereocenters. The predicted octanol–water partition coefficient (Wildman–Crippen LogP) is 2.10. The minimum Gasteiger partial charge on any atom is -0.377 e. The number of fused-ring (bicyclic) bond motifs is 1. The number of pyridine rings is 1. The Morgan fingerprint density at radius 3 is 3.04 bits per heavy atom. The third-order valence-corrected chi connectivity index (χ3v) is 5.60. The quantitative estimate of drug-likeness (QED) is 0.848. The molecule has 7 nitrogen and oxygen atoms in total. The van der Waals surface area contributed by atoms with Crippen molar-refractivity contribution < 1.29 is 14.3 Å². The van der Waals surface area contributed by atoms with Crippen LogP contribution in [0.25, 0.3) is 10.9 Å². The van der Waals surface area contributed by atoms with Crippen LogP contribution < -0.4 is 5.32 Å². The number of nitriles is 1. The molecule has 0 spiro atoms. The molecule has 3 rings (SSSR count). The summed E-state index contributed by atoms with van der Waals surface area (Å²) in [6.07, 6.45) is 1.46. The molecule has 0 aliphatic carbocycles. The van der Waals surface area contributed by atoms with Gasteiger partial charge in [-0.25, -0.2) is 0 Å². The van der Waals surface area contributed by atoms with Crippen LogP contribution in [0.4, 0.5) is 0 Å². The van der Waals surface area contributed by atoms with Gasteiger partial charge in [0.15, 0.2) is 0 Å². The van der Waals surface area contributed by atoms with Crippen LogP contribution in [0.15, 0.2) is 30.5 Å². The molecular formula is C19H20N4O3S. The Bertz CT molecular complexity index is 911. The molecule has 1 aromatic heterocycles. The highest BCUT2D eigenvalue weighted by Crippen LogP contribution is 2.24. The minimum absolute atomic E-state index is 0.109. The van der Waals surface area contributed by atoms with Gasteiger partial charge in [-0.2, -0.15) is 5.26 Å². The molecule has 0 bridgehead atoms. The van der Waals surface area contributed by atoms with Gasteiger partial charge in [-0.05, 0) is 30.7 Å². The van der Waals surface area contributed by atoms with E-state index in [0.717, 1.165) is 5.56 Å². The number of methoxy groups -OCH3 is 1. The first kappa shape index (κ1) is 19.1. The Morgan fingerprint density at radius 1 is 1.48 bits per heavy atom. The summed E-state index contributed by atoms with van der Waals surface area (Å²) in [4.78, 5) is 30.8. The van der Waals surface area contributed by atoms with E-state index in [1.807, 2.05) is 25.1 Å². The van der Waals surface area contributed by atoms with Crippen molar-refractivity contribution in [2.24, 2.45) is 0 Å². The Morgan fingerprint density at radius 2 is 2.30 bits per heavy atom. The van der Waals surface area contributed by atoms with Crippen LogP contribution in [-0.4, -0.2) is 53.0 Å². The topological polar surface area (TPSA) is 95.3 Å². The minimum atomic E-state index is -0.431. The van der Waals surface area contributed by atoms with E-state index in [2.05, 4.69) is 16.4 Å². The molecule has 2 aromatic rings. The van der Waals surface area contributed by atoms with Crippen molar-refractivity contribution >= 4 is 34.5 Å². The number of ether oxygens (including phenoxy) is 1. The lowest BCUT2D eigenvalue weighted by atomic mass is 10.0. The van der Waals surface area contributed by atoms with Gasteiger partial charge >= 0.3 is 0 Å². The third kappa shape index (κ3) is 4.04. The van der Waals surface area contributed by atoms with Crippen molar-refractivity contribution in [3.63, 3.8) is 0 Å². The number of rotatable bonds is 5. The largest absolute Gasteiger partial charge is 0.377 e. The normalized spacial score (nSPS) is 17.5. The Balaban J connectivity index is 1.77. The van der Waals surface area contributed by atoms with E-state index in [9.17, 15) is 9.59 Å². The van der Waals surface area contributed by atoms with Crippen LogP contribution in [0.1, 0.15) is 28.9 Å². The van der Waals surface area contributed by atoms with Crippen LogP contribution in [0.2, 0.25) is 0 Å². The zero-order valence-corrected chi connectivity index (χ0v) is 16.0. The first-order valence-electron chi connectivity index (χ1n) is 8.51. The highest BCUT2D eigenvalue weighted by atomic mass is 32.2. The number of thioether (sulfide) groups is 1. The van der Waals surface area contributed by atoms with Gasteiger partial charge in [-0.15, -0.1) is 11.8 Å². The molecule has 1 aromatic carbocycles. The van der Waals surface area contributed by atoms with E-state index in [1.54, 1.807) is 19.4 Å². The second-order valence-corrected chi connectivity index (χ2v) is 7.20. The highest BCUT2D eigenvalue weighted by Gasteiger charge is 2.29. The highest BCUT2D eigenvalue weighted by molar-refractivity contribution is 7.99. The van der Waals surface area contributed by atoms with E-state index < -0.39 is 6.04 Å². The molecule has 8 heteroatoms. The summed E-state index contributed by atoms with van der Waals surface area (Å²) < 4.78 is 5.34. The standard InChI is InChI=1S/C19H20N4O3S/c1-12(26-2)13-3-4-17-16(7-13)15(5-6-21-17)19(25)22-9-18(24)23-11-27-10-14(23)8-20/h3-7,12,14H,9-11H2,1-2H3,(H,22,25). The molecule has 1 fully saturated rings. The van der Waals surface area contributed by atoms with Gasteiger partial charge in [-0.1, -0.05) is 6.07 Å². The number of hydrogen-bond acceptors (Lipinski definition) is 6. The van der Waals surface area contributed by atoms with Crippen LogP contribution in [-0.2, 0) is 9.53 Å². The van der Waals surface area contributed by atoms with Crippen molar-refractivity contribution in [3.8, 4) is 6.07 Å². The maximum absolute atomic E-state index is 12.7. The van der Waals surface area contributed by atoms with Crippen molar-refractivity contribution in [2.45, 2.75) is 19.1 Å². The van der Waals surface area contributed by atoms with E-state index >= 15 is 0 Å². The van der Waals surface area contributed by atoms with Crippen LogP contribution >= 0.6 is 11.8 Å². The smallest absolute Gasteiger partial charge is 0.252 e. The summed E-state index contributed by atoms with van der Waals surface area (Å²) in [5, 5.41) is 12.5. The molecule has 0 saturated carbocycles. The second kappa shape index (κ2) is 8.37. The molecule has 140 valence electrons. The first-order valence-corrected chi connectivity index (χ1v) is 9.67. The maximum atomic E-state index is 12.7. The molecule has 2 heterocycles. The van der Waals surface area contributed by atoms with Gasteiger partial charge < -0.3 is 15.0 Å². The molecule has 1 aliphatic rings. The molecule has 2 atom stereocenters. The van der Waals surface area contributed by atoms with Crippen molar-refractivity contribution in [1.82, 2.24) is 15.2 Å². The van der Waals surface area contributed by atoms with Crippen molar-refractivity contribution in [1.29, 1.82) is 5.26 Å². The summed E-state index contributed by atoms with van der Waals surface area (Å²) in [5.74, 6) is 0.472. The van der Waals surface area contributed by atoms with E-state index in [-0.39, 0.29) is 24.5 Å². The summed E-state index contributed by atoms with van der Waals surface area (Å²) in [6, 6.07) is 8.96. The summed E-state index contributed by atoms with van der Waals surface area (Å²) >= 11 is 1.53. The number of nitrogens with one attached hydrogen (secondary N) is 1. The average Bonchev–Trinajstić information content (AvgIpc) is 3.19. The lowest BCUT2D eigenvalue weighted by Crippen LogP contribution is -2.42. The SMILES string of the molecule is COC(C)c1ccc2nccc(C(=O)NCC(=O)N3CSCC3C#N)c2c1. The molecule has 1 saturated heterocycles. The second-order valence-electron chi connectivity index (χ2n) is 6.20. The van der Waals surface area contributed by atoms with Gasteiger partial charge in [0.2, 0.25) is 5.91 Å². The molecule has 2 amide bonds. The number of aromatic nitrogens is 1. The molecule has 1 aliphatic heterocycles. The molecular weight excluding hydrogens is 364 g/mol. The number of amides is 2. The van der Waals surface area contributed by atoms with Crippen molar-refractivity contribution in [2.75, 3.05) is 25.3 Å². The monoisotopic (exact) mass is 384 g/mol. The van der Waals surface area contributed by atoms with Crippen LogP contribution in [0, 0.1) is 11.3 Å². The zero-order valence-electron chi connectivity index (χ0n) is 15.1. The molecule has 0 radical (unpaired) electrons. The van der Waals surface area contributed by atoms with Gasteiger partial charge in [0.25, 0.3) is 5.91 Å². The predicted molar refractivity (Wildman–Crippen MR) is 103 cm³/mol. The van der Waals surface area contributed by atoms with Crippen LogP contribution in [0.5, 0.6) is 0 Å². The number of benzene rings is 1. The summed E-state index contributed by atoms with van der Waals surface area (Å²) in [5.41, 5.74) is 2.08. The van der Waals surface area contributed by atoms with E-state index in [1.165, 1.54) is 16.7 Å². The van der Waals surface area contributed by atoms with Gasteiger partial charge in [0, 0.05) is 24.4 Å². The lowest BCUT2D eigenvalue weighted by Gasteiger charge is -2.18. The molecule has 27 heavy (non-hydrogen) atoms. The van der Waals surface area contributed by atoms with Gasteiger partial charge in [0.05, 0.1) is 35.7 Å². The molecule has 1 N–H and O–H groups in total. The fourth-order valence-electron chi connectivity index (χ4n) is 2.90. The van der Waals surface area contributed by atoms with E-state index in [0.29, 0.717) is 28.1 Å². The number of hydrogen-bond donors (Lipinski definition) is 1. The Kier molecular flexibility index (Phi) is 5.94. The zero-order chi connectivity index (χ0) is 19.4. The number of carbonyl (C=O) groups excluding carboxylic acids is 2. The summed E-state index contributed by atoms with van der Waals surface area (Å²) in [7, 11) is 1.63. The van der Waals surface area contributed by atoms with Gasteiger partial charge in [-0.3, -0.25) is 14.6 Å². The van der Waals surface area contributed by atoms with Crippen LogP contribution in [0.3, 0.4) is 0 Å². The van der Waals surface area contributed by atoms with Crippen molar-refractivity contribution in [3.05, 3.63) is 41.6 Å². The maximum Gasteiger partial charge on any atom is 0.252 e. The Hall–Kier alpha value is -2.63. The fraction of sp³-hybridized carbons (Fsp3) is 0.368. The Labute approximate surface area is 161 Å². The van der Waals surface area contributed by atoms with E-state index in [4.69, 9.17) is 10.00 Å². The number of nitrogens with zero attached hydrogens (tertiary/aromatic N) is 3. The third-order valence-electron chi connectivity index (χ3n) is 4.59. The number of carbonyl (C=O) groups is 2. The lowest BCUT2D eigenvalue weighted by molar-refractivity contribution is -0.129. The summed E-state index contributed by atoms with van der Waals surface area (Å²) in [6.45, 7) is 1.78. The average molecular weight is 384 g/mol.